The number of halogens is 2. The first-order valence-corrected chi connectivity index (χ1v) is 10.3. The molecule has 164 valence electrons. The van der Waals surface area contributed by atoms with Gasteiger partial charge in [0.1, 0.15) is 30.4 Å². The van der Waals surface area contributed by atoms with Crippen LogP contribution in [0.25, 0.3) is 16.9 Å². The zero-order chi connectivity index (χ0) is 22.1. The molecule has 1 N–H and O–H groups in total. The molecule has 4 aromatic rings. The van der Waals surface area contributed by atoms with Gasteiger partial charge in [-0.05, 0) is 30.7 Å². The molecule has 0 spiro atoms. The third-order valence-corrected chi connectivity index (χ3v) is 4.96. The molecule has 4 heterocycles. The maximum atomic E-state index is 14.7. The number of benzene rings is 1. The number of fused-ring (bicyclic) bond motifs is 2. The van der Waals surface area contributed by atoms with Crippen molar-refractivity contribution in [3.8, 4) is 28.6 Å². The van der Waals surface area contributed by atoms with Gasteiger partial charge in [-0.3, -0.25) is 4.98 Å². The van der Waals surface area contributed by atoms with Crippen LogP contribution in [0.3, 0.4) is 0 Å². The summed E-state index contributed by atoms with van der Waals surface area (Å²) in [4.78, 5) is 8.10. The SMILES string of the molecule is CCCOc1cccc2nc(-c3c(F)cncc3F)c(Nc3ccc4c(c3)OCCO4)n12. The molecule has 0 saturated heterocycles. The van der Waals surface area contributed by atoms with Crippen LogP contribution in [0, 0.1) is 11.6 Å². The van der Waals surface area contributed by atoms with E-state index in [-0.39, 0.29) is 11.3 Å². The second-order valence-electron chi connectivity index (χ2n) is 7.18. The molecule has 5 rings (SSSR count). The normalized spacial score (nSPS) is 12.7. The van der Waals surface area contributed by atoms with E-state index in [1.54, 1.807) is 40.8 Å². The minimum Gasteiger partial charge on any atom is -0.486 e. The van der Waals surface area contributed by atoms with Gasteiger partial charge in [-0.1, -0.05) is 13.0 Å². The molecule has 0 bridgehead atoms. The van der Waals surface area contributed by atoms with Crippen LogP contribution in [0.4, 0.5) is 20.3 Å². The fourth-order valence-electron chi connectivity index (χ4n) is 3.57. The van der Waals surface area contributed by atoms with Crippen LogP contribution < -0.4 is 19.5 Å². The first-order chi connectivity index (χ1) is 15.7. The van der Waals surface area contributed by atoms with Gasteiger partial charge in [0.15, 0.2) is 23.1 Å². The number of anilines is 2. The molecule has 32 heavy (non-hydrogen) atoms. The van der Waals surface area contributed by atoms with Gasteiger partial charge in [0.05, 0.1) is 24.6 Å². The molecule has 7 nitrogen and oxygen atoms in total. The third kappa shape index (κ3) is 3.55. The lowest BCUT2D eigenvalue weighted by atomic mass is 10.1. The summed E-state index contributed by atoms with van der Waals surface area (Å²) in [6.45, 7) is 3.40. The Bertz CT molecular complexity index is 1270. The Labute approximate surface area is 182 Å². The highest BCUT2D eigenvalue weighted by molar-refractivity contribution is 5.81. The van der Waals surface area contributed by atoms with Crippen molar-refractivity contribution in [3.05, 3.63) is 60.4 Å². The van der Waals surface area contributed by atoms with Crippen molar-refractivity contribution in [1.82, 2.24) is 14.4 Å². The molecule has 0 amide bonds. The summed E-state index contributed by atoms with van der Waals surface area (Å²) in [6, 6.07) is 10.7. The number of rotatable bonds is 6. The molecule has 0 aliphatic carbocycles. The molecular weight excluding hydrogens is 418 g/mol. The first-order valence-electron chi connectivity index (χ1n) is 10.3. The van der Waals surface area contributed by atoms with E-state index in [1.807, 2.05) is 6.92 Å². The third-order valence-electron chi connectivity index (χ3n) is 4.96. The van der Waals surface area contributed by atoms with Gasteiger partial charge >= 0.3 is 0 Å². The van der Waals surface area contributed by atoms with Gasteiger partial charge in [0.2, 0.25) is 5.88 Å². The summed E-state index contributed by atoms with van der Waals surface area (Å²) in [5.41, 5.74) is 0.941. The molecule has 0 atom stereocenters. The quantitative estimate of drug-likeness (QED) is 0.458. The van der Waals surface area contributed by atoms with Gasteiger partial charge in [0.25, 0.3) is 0 Å². The fraction of sp³-hybridized carbons (Fsp3) is 0.217. The Kier molecular flexibility index (Phi) is 5.22. The Morgan fingerprint density at radius 3 is 2.62 bits per heavy atom. The van der Waals surface area contributed by atoms with Crippen molar-refractivity contribution in [2.24, 2.45) is 0 Å². The van der Waals surface area contributed by atoms with Crippen LogP contribution in [0.15, 0.2) is 48.8 Å². The maximum absolute atomic E-state index is 14.7. The summed E-state index contributed by atoms with van der Waals surface area (Å²) in [6.07, 6.45) is 2.73. The summed E-state index contributed by atoms with van der Waals surface area (Å²) in [5.74, 6) is 0.452. The number of nitrogens with one attached hydrogen (secondary N) is 1. The van der Waals surface area contributed by atoms with E-state index < -0.39 is 11.6 Å². The highest BCUT2D eigenvalue weighted by atomic mass is 19.1. The van der Waals surface area contributed by atoms with E-state index in [0.29, 0.717) is 54.4 Å². The monoisotopic (exact) mass is 438 g/mol. The van der Waals surface area contributed by atoms with Crippen LogP contribution >= 0.6 is 0 Å². The largest absolute Gasteiger partial charge is 0.486 e. The molecular formula is C23H20F2N4O3. The molecule has 9 heteroatoms. The second kappa shape index (κ2) is 8.33. The molecule has 0 fully saturated rings. The summed E-state index contributed by atoms with van der Waals surface area (Å²) < 4.78 is 48.1. The van der Waals surface area contributed by atoms with Crippen molar-refractivity contribution in [2.75, 3.05) is 25.1 Å². The Morgan fingerprint density at radius 2 is 1.84 bits per heavy atom. The van der Waals surface area contributed by atoms with E-state index in [2.05, 4.69) is 15.3 Å². The average Bonchev–Trinajstić information content (AvgIpc) is 3.16. The minimum atomic E-state index is -0.811. The lowest BCUT2D eigenvalue weighted by Crippen LogP contribution is -2.15. The Morgan fingerprint density at radius 1 is 1.06 bits per heavy atom. The van der Waals surface area contributed by atoms with Gasteiger partial charge < -0.3 is 19.5 Å². The number of hydrogen-bond acceptors (Lipinski definition) is 6. The maximum Gasteiger partial charge on any atom is 0.200 e. The number of nitrogens with zero attached hydrogens (tertiary/aromatic N) is 3. The van der Waals surface area contributed by atoms with Crippen molar-refractivity contribution in [3.63, 3.8) is 0 Å². The van der Waals surface area contributed by atoms with Crippen molar-refractivity contribution in [1.29, 1.82) is 0 Å². The topological polar surface area (TPSA) is 69.9 Å². The van der Waals surface area contributed by atoms with Crippen LogP contribution in [0.2, 0.25) is 0 Å². The number of pyridine rings is 2. The first kappa shape index (κ1) is 20.0. The smallest absolute Gasteiger partial charge is 0.200 e. The number of aromatic nitrogens is 3. The highest BCUT2D eigenvalue weighted by Crippen LogP contribution is 2.38. The molecule has 0 radical (unpaired) electrons. The van der Waals surface area contributed by atoms with Gasteiger partial charge in [-0.25, -0.2) is 18.2 Å². The zero-order valence-electron chi connectivity index (χ0n) is 17.3. The van der Waals surface area contributed by atoms with Crippen molar-refractivity contribution in [2.45, 2.75) is 13.3 Å². The molecule has 1 aliphatic heterocycles. The van der Waals surface area contributed by atoms with Gasteiger partial charge in [-0.2, -0.15) is 0 Å². The molecule has 3 aromatic heterocycles. The minimum absolute atomic E-state index is 0.102. The molecule has 1 aliphatic rings. The Hall–Kier alpha value is -3.88. The molecule has 0 unspecified atom stereocenters. The molecule has 1 aromatic carbocycles. The zero-order valence-corrected chi connectivity index (χ0v) is 17.3. The lowest BCUT2D eigenvalue weighted by Gasteiger charge is -2.19. The van der Waals surface area contributed by atoms with Gasteiger partial charge in [-0.15, -0.1) is 0 Å². The lowest BCUT2D eigenvalue weighted by molar-refractivity contribution is 0.171. The van der Waals surface area contributed by atoms with Crippen molar-refractivity contribution < 1.29 is 23.0 Å². The summed E-state index contributed by atoms with van der Waals surface area (Å²) in [7, 11) is 0. The van der Waals surface area contributed by atoms with Crippen molar-refractivity contribution >= 4 is 17.2 Å². The van der Waals surface area contributed by atoms with E-state index in [4.69, 9.17) is 14.2 Å². The van der Waals surface area contributed by atoms with Crippen LogP contribution in [0.5, 0.6) is 17.4 Å². The predicted octanol–water partition coefficient (Wildman–Crippen LogP) is 4.98. The Balaban J connectivity index is 1.69. The standard InChI is InChI=1S/C23H20F2N4O3/c1-2-8-32-20-5-3-4-19-28-22(21-15(24)12-26-13-16(21)25)23(29(19)20)27-14-6-7-17-18(11-14)31-10-9-30-17/h3-7,11-13,27H,2,8-10H2,1H3. The fourth-order valence-corrected chi connectivity index (χ4v) is 3.57. The summed E-state index contributed by atoms with van der Waals surface area (Å²) in [5, 5.41) is 3.25. The number of imidazole rings is 1. The van der Waals surface area contributed by atoms with Crippen LogP contribution in [-0.4, -0.2) is 34.2 Å². The second-order valence-corrected chi connectivity index (χ2v) is 7.18. The van der Waals surface area contributed by atoms with Crippen LogP contribution in [0.1, 0.15) is 13.3 Å². The van der Waals surface area contributed by atoms with Crippen LogP contribution in [-0.2, 0) is 0 Å². The predicted molar refractivity (Wildman–Crippen MR) is 115 cm³/mol. The highest BCUT2D eigenvalue weighted by Gasteiger charge is 2.23. The molecule has 0 saturated carbocycles. The number of ether oxygens (including phenoxy) is 3. The summed E-state index contributed by atoms with van der Waals surface area (Å²) >= 11 is 0. The number of hydrogen-bond donors (Lipinski definition) is 1. The van der Waals surface area contributed by atoms with E-state index in [9.17, 15) is 8.78 Å². The van der Waals surface area contributed by atoms with E-state index >= 15 is 0 Å². The average molecular weight is 438 g/mol. The van der Waals surface area contributed by atoms with E-state index in [1.165, 1.54) is 0 Å². The van der Waals surface area contributed by atoms with E-state index in [0.717, 1.165) is 18.8 Å². The van der Waals surface area contributed by atoms with Gasteiger partial charge in [0, 0.05) is 11.8 Å².